The number of hydrogen-bond acceptors (Lipinski definition) is 6. The molecule has 0 saturated carbocycles. The van der Waals surface area contributed by atoms with Gasteiger partial charge in [-0.1, -0.05) is 279 Å². The molecule has 0 bridgehead atoms. The minimum absolute atomic E-state index is 0.0912. The fourth-order valence-electron chi connectivity index (χ4n) is 9.40. The van der Waals surface area contributed by atoms with Crippen LogP contribution in [0.15, 0.2) is 85.1 Å². The van der Waals surface area contributed by atoms with E-state index in [0.29, 0.717) is 12.8 Å². The van der Waals surface area contributed by atoms with Gasteiger partial charge in [0.2, 0.25) is 0 Å². The summed E-state index contributed by atoms with van der Waals surface area (Å²) < 4.78 is 16.9. The summed E-state index contributed by atoms with van der Waals surface area (Å²) in [7, 11) is 0. The summed E-state index contributed by atoms with van der Waals surface area (Å²) in [5.74, 6) is -0.919. The first-order valence-corrected chi connectivity index (χ1v) is 33.1. The van der Waals surface area contributed by atoms with E-state index in [-0.39, 0.29) is 37.5 Å². The van der Waals surface area contributed by atoms with Gasteiger partial charge in [-0.15, -0.1) is 0 Å². The molecule has 444 valence electrons. The molecule has 0 amide bonds. The molecule has 0 aromatic carbocycles. The molecular weight excluding hydrogens is 949 g/mol. The molecule has 0 saturated heterocycles. The third-order valence-electron chi connectivity index (χ3n) is 14.4. The van der Waals surface area contributed by atoms with Gasteiger partial charge in [0.1, 0.15) is 13.2 Å². The predicted octanol–water partition coefficient (Wildman–Crippen LogP) is 22.7. The molecule has 0 heterocycles. The van der Waals surface area contributed by atoms with Gasteiger partial charge in [-0.3, -0.25) is 14.4 Å². The van der Waals surface area contributed by atoms with E-state index >= 15 is 0 Å². The Morgan fingerprint density at radius 3 is 0.818 bits per heavy atom. The normalized spacial score (nSPS) is 12.6. The maximum absolute atomic E-state index is 12.9. The summed E-state index contributed by atoms with van der Waals surface area (Å²) in [4.78, 5) is 38.3. The summed E-state index contributed by atoms with van der Waals surface area (Å²) in [6.45, 7) is 6.52. The molecule has 1 atom stereocenters. The van der Waals surface area contributed by atoms with Crippen LogP contribution in [0.3, 0.4) is 0 Å². The molecule has 0 aromatic rings. The fraction of sp³-hybridized carbons (Fsp3) is 0.761. The van der Waals surface area contributed by atoms with Crippen LogP contribution in [0.4, 0.5) is 0 Å². The number of ether oxygens (including phenoxy) is 3. The number of carbonyl (C=O) groups excluding carboxylic acids is 3. The Morgan fingerprint density at radius 2 is 0.506 bits per heavy atom. The average molecular weight is 1070 g/mol. The van der Waals surface area contributed by atoms with Crippen molar-refractivity contribution in [3.8, 4) is 0 Å². The van der Waals surface area contributed by atoms with E-state index in [1.54, 1.807) is 0 Å². The van der Waals surface area contributed by atoms with Gasteiger partial charge in [-0.2, -0.15) is 0 Å². The van der Waals surface area contributed by atoms with Crippen LogP contribution in [0.1, 0.15) is 329 Å². The van der Waals surface area contributed by atoms with Gasteiger partial charge < -0.3 is 14.2 Å². The lowest BCUT2D eigenvalue weighted by molar-refractivity contribution is -0.167. The summed E-state index contributed by atoms with van der Waals surface area (Å²) in [5.41, 5.74) is 0. The fourth-order valence-corrected chi connectivity index (χ4v) is 9.40. The summed E-state index contributed by atoms with van der Waals surface area (Å²) in [5, 5.41) is 0. The molecular formula is C71H124O6. The van der Waals surface area contributed by atoms with E-state index in [9.17, 15) is 14.4 Å². The molecule has 6 heteroatoms. The monoisotopic (exact) mass is 1070 g/mol. The number of carbonyl (C=O) groups is 3. The van der Waals surface area contributed by atoms with Crippen molar-refractivity contribution in [3.63, 3.8) is 0 Å². The van der Waals surface area contributed by atoms with Gasteiger partial charge in [-0.25, -0.2) is 0 Å². The molecule has 0 spiro atoms. The molecule has 0 aromatic heterocycles. The number of esters is 3. The number of allylic oxidation sites excluding steroid dienone is 14. The smallest absolute Gasteiger partial charge is 0.306 e. The Labute approximate surface area is 477 Å². The van der Waals surface area contributed by atoms with E-state index in [2.05, 4.69) is 106 Å². The minimum Gasteiger partial charge on any atom is -0.462 e. The Kier molecular flexibility index (Phi) is 62.2. The first kappa shape index (κ1) is 73.6. The third kappa shape index (κ3) is 63.3. The maximum atomic E-state index is 12.9. The highest BCUT2D eigenvalue weighted by Crippen LogP contribution is 2.16. The zero-order chi connectivity index (χ0) is 55.7. The highest BCUT2D eigenvalue weighted by Gasteiger charge is 2.19. The zero-order valence-electron chi connectivity index (χ0n) is 51.0. The lowest BCUT2D eigenvalue weighted by Gasteiger charge is -2.18. The number of hydrogen-bond donors (Lipinski definition) is 0. The maximum Gasteiger partial charge on any atom is 0.306 e. The van der Waals surface area contributed by atoms with Crippen molar-refractivity contribution in [2.24, 2.45) is 0 Å². The average Bonchev–Trinajstić information content (AvgIpc) is 3.43. The van der Waals surface area contributed by atoms with Crippen LogP contribution in [-0.4, -0.2) is 37.2 Å². The SMILES string of the molecule is CC/C=C\C/C=C\C/C=C\C/C=C\C/C=C\CCCCCC(=O)OC(COC(=O)CCCCCCC/C=C\CCCCCCCC)COC(=O)CCCCCCCCCCCCCCC/C=C\CCCCCCCCCC. The Bertz CT molecular complexity index is 1470. The van der Waals surface area contributed by atoms with Crippen molar-refractivity contribution >= 4 is 17.9 Å². The van der Waals surface area contributed by atoms with Crippen LogP contribution in [-0.2, 0) is 28.6 Å². The van der Waals surface area contributed by atoms with Crippen LogP contribution >= 0.6 is 0 Å². The van der Waals surface area contributed by atoms with Crippen molar-refractivity contribution < 1.29 is 28.6 Å². The number of unbranched alkanes of at least 4 members (excludes halogenated alkanes) is 35. The van der Waals surface area contributed by atoms with Crippen LogP contribution in [0.25, 0.3) is 0 Å². The largest absolute Gasteiger partial charge is 0.462 e. The summed E-state index contributed by atoms with van der Waals surface area (Å²) in [6.07, 6.45) is 86.0. The Hall–Kier alpha value is -3.41. The molecule has 6 nitrogen and oxygen atoms in total. The topological polar surface area (TPSA) is 78.9 Å². The van der Waals surface area contributed by atoms with Gasteiger partial charge in [0.15, 0.2) is 6.10 Å². The van der Waals surface area contributed by atoms with Gasteiger partial charge in [0, 0.05) is 19.3 Å². The summed E-state index contributed by atoms with van der Waals surface area (Å²) >= 11 is 0. The number of rotatable bonds is 60. The van der Waals surface area contributed by atoms with Gasteiger partial charge in [0.25, 0.3) is 0 Å². The molecule has 1 unspecified atom stereocenters. The third-order valence-corrected chi connectivity index (χ3v) is 14.4. The van der Waals surface area contributed by atoms with Crippen molar-refractivity contribution in [1.82, 2.24) is 0 Å². The molecule has 0 fully saturated rings. The predicted molar refractivity (Wildman–Crippen MR) is 334 cm³/mol. The van der Waals surface area contributed by atoms with E-state index in [4.69, 9.17) is 14.2 Å². The highest BCUT2D eigenvalue weighted by molar-refractivity contribution is 5.71. The van der Waals surface area contributed by atoms with Crippen molar-refractivity contribution in [2.75, 3.05) is 13.2 Å². The molecule has 0 aliphatic heterocycles. The van der Waals surface area contributed by atoms with Crippen molar-refractivity contribution in [2.45, 2.75) is 335 Å². The van der Waals surface area contributed by atoms with E-state index in [0.717, 1.165) is 103 Å². The minimum atomic E-state index is -0.799. The van der Waals surface area contributed by atoms with Gasteiger partial charge >= 0.3 is 17.9 Å². The van der Waals surface area contributed by atoms with Crippen molar-refractivity contribution in [1.29, 1.82) is 0 Å². The standard InChI is InChI=1S/C71H124O6/c1-4-7-10-13-16-19-22-25-28-30-32-33-34-35-36-37-39-40-43-46-49-52-55-58-61-64-70(73)76-67-68(66-75-69(72)63-60-57-54-51-48-45-42-27-24-21-18-15-12-9-6-3)77-71(74)65-62-59-56-53-50-47-44-41-38-31-29-26-23-20-17-14-11-8-5-2/h8,11,17,20,26-27,29-30,32,38,41-42,47,50,68H,4-7,9-10,12-16,18-19,21-25,28,31,33-37,39-40,43-46,48-49,51-67H2,1-3H3/b11-8-,20-17-,29-26-,32-30-,41-38-,42-27-,50-47-. The Morgan fingerprint density at radius 1 is 0.273 bits per heavy atom. The van der Waals surface area contributed by atoms with E-state index in [1.165, 1.54) is 186 Å². The second-order valence-corrected chi connectivity index (χ2v) is 22.0. The van der Waals surface area contributed by atoms with Crippen LogP contribution in [0, 0.1) is 0 Å². The lowest BCUT2D eigenvalue weighted by Crippen LogP contribution is -2.30. The second-order valence-electron chi connectivity index (χ2n) is 22.0. The molecule has 0 rings (SSSR count). The first-order chi connectivity index (χ1) is 38.0. The Balaban J connectivity index is 4.36. The lowest BCUT2D eigenvalue weighted by atomic mass is 10.0. The quantitative estimate of drug-likeness (QED) is 0.0261. The first-order valence-electron chi connectivity index (χ1n) is 33.1. The highest BCUT2D eigenvalue weighted by atomic mass is 16.6. The molecule has 0 radical (unpaired) electrons. The molecule has 0 N–H and O–H groups in total. The van der Waals surface area contributed by atoms with E-state index in [1.807, 2.05) is 0 Å². The van der Waals surface area contributed by atoms with Gasteiger partial charge in [0.05, 0.1) is 0 Å². The van der Waals surface area contributed by atoms with Gasteiger partial charge in [-0.05, 0) is 116 Å². The van der Waals surface area contributed by atoms with Crippen LogP contribution in [0.5, 0.6) is 0 Å². The van der Waals surface area contributed by atoms with Crippen LogP contribution in [0.2, 0.25) is 0 Å². The summed E-state index contributed by atoms with van der Waals surface area (Å²) in [6, 6.07) is 0. The van der Waals surface area contributed by atoms with E-state index < -0.39 is 6.10 Å². The molecule has 0 aliphatic carbocycles. The molecule has 0 aliphatic rings. The second kappa shape index (κ2) is 65.1. The van der Waals surface area contributed by atoms with Crippen molar-refractivity contribution in [3.05, 3.63) is 85.1 Å². The van der Waals surface area contributed by atoms with Crippen LogP contribution < -0.4 is 0 Å². The molecule has 77 heavy (non-hydrogen) atoms. The zero-order valence-corrected chi connectivity index (χ0v) is 51.0.